The summed E-state index contributed by atoms with van der Waals surface area (Å²) in [5, 5.41) is 21.9. The first-order chi connectivity index (χ1) is 17.7. The van der Waals surface area contributed by atoms with E-state index in [0.717, 1.165) is 52.0 Å². The number of hydrogen-bond acceptors (Lipinski definition) is 5. The fourth-order valence-corrected chi connectivity index (χ4v) is 4.51. The molecule has 0 radical (unpaired) electrons. The van der Waals surface area contributed by atoms with E-state index in [1.807, 2.05) is 68.4 Å². The number of benzene rings is 3. The smallest absolute Gasteiger partial charge is 0.338 e. The number of aromatic nitrogens is 4. The van der Waals surface area contributed by atoms with Gasteiger partial charge < -0.3 is 10.2 Å². The number of aromatic amines is 1. The fourth-order valence-electron chi connectivity index (χ4n) is 4.51. The minimum absolute atomic E-state index is 0.329. The Morgan fingerprint density at radius 2 is 1.70 bits per heavy atom. The van der Waals surface area contributed by atoms with Crippen LogP contribution in [0.5, 0.6) is 0 Å². The lowest BCUT2D eigenvalue weighted by Gasteiger charge is -2.15. The predicted molar refractivity (Wildman–Crippen MR) is 141 cm³/mol. The van der Waals surface area contributed by atoms with Crippen LogP contribution in [0.4, 0.5) is 24.7 Å². The van der Waals surface area contributed by atoms with Crippen molar-refractivity contribution in [2.24, 2.45) is 0 Å². The topological polar surface area (TPSA) is 69.7 Å². The van der Waals surface area contributed by atoms with E-state index in [0.29, 0.717) is 29.2 Å². The summed E-state index contributed by atoms with van der Waals surface area (Å²) in [7, 11) is 3.89. The number of nitrogens with one attached hydrogen (secondary N) is 2. The van der Waals surface area contributed by atoms with Gasteiger partial charge in [0.2, 0.25) is 0 Å². The van der Waals surface area contributed by atoms with E-state index >= 15 is 0 Å². The molecule has 2 N–H and O–H groups in total. The van der Waals surface area contributed by atoms with Gasteiger partial charge in [-0.2, -0.15) is 18.3 Å². The third-order valence-electron chi connectivity index (χ3n) is 6.36. The van der Waals surface area contributed by atoms with Crippen LogP contribution >= 0.6 is 0 Å². The maximum atomic E-state index is 13.7. The van der Waals surface area contributed by atoms with Gasteiger partial charge in [-0.25, -0.2) is 0 Å². The second-order valence-electron chi connectivity index (χ2n) is 9.47. The Balaban J connectivity index is 1.53. The van der Waals surface area contributed by atoms with E-state index in [9.17, 15) is 13.2 Å². The lowest BCUT2D eigenvalue weighted by molar-refractivity contribution is -0.137. The van der Waals surface area contributed by atoms with Gasteiger partial charge in [0.05, 0.1) is 11.1 Å². The Bertz CT molecular complexity index is 1570. The Morgan fingerprint density at radius 3 is 2.46 bits per heavy atom. The van der Waals surface area contributed by atoms with Crippen molar-refractivity contribution in [3.8, 4) is 11.3 Å². The SMILES string of the molecule is Cc1[nH]nc2cc(-c3nnc(Nc4cc(CCCN(C)C)cc(C(F)(F)F)c4)c4ccccc34)ccc12. The van der Waals surface area contributed by atoms with E-state index in [4.69, 9.17) is 0 Å². The molecule has 0 aliphatic rings. The first-order valence-electron chi connectivity index (χ1n) is 12.0. The van der Waals surface area contributed by atoms with Crippen molar-refractivity contribution in [1.82, 2.24) is 25.3 Å². The zero-order valence-electron chi connectivity index (χ0n) is 20.8. The normalized spacial score (nSPS) is 12.1. The van der Waals surface area contributed by atoms with Gasteiger partial charge in [-0.05, 0) is 70.2 Å². The summed E-state index contributed by atoms with van der Waals surface area (Å²) in [5.74, 6) is 0.398. The van der Waals surface area contributed by atoms with Crippen molar-refractivity contribution >= 4 is 33.2 Å². The molecule has 2 aromatic heterocycles. The molecule has 37 heavy (non-hydrogen) atoms. The number of aryl methyl sites for hydroxylation is 2. The number of hydrogen-bond donors (Lipinski definition) is 2. The predicted octanol–water partition coefficient (Wildman–Crippen LogP) is 6.74. The van der Waals surface area contributed by atoms with Crippen LogP contribution in [-0.4, -0.2) is 45.9 Å². The molecule has 0 aliphatic carbocycles. The van der Waals surface area contributed by atoms with Crippen LogP contribution in [0.15, 0.2) is 60.7 Å². The molecular formula is C28H27F3N6. The highest BCUT2D eigenvalue weighted by Gasteiger charge is 2.31. The molecule has 0 amide bonds. The van der Waals surface area contributed by atoms with Gasteiger partial charge in [0.15, 0.2) is 5.82 Å². The molecule has 2 heterocycles. The number of H-pyrrole nitrogens is 1. The summed E-state index contributed by atoms with van der Waals surface area (Å²) in [4.78, 5) is 2.01. The second kappa shape index (κ2) is 9.82. The van der Waals surface area contributed by atoms with Crippen LogP contribution in [0, 0.1) is 6.92 Å². The number of rotatable bonds is 7. The molecule has 3 aromatic carbocycles. The van der Waals surface area contributed by atoms with Gasteiger partial charge in [0.25, 0.3) is 0 Å². The molecule has 0 saturated heterocycles. The van der Waals surface area contributed by atoms with Crippen LogP contribution in [-0.2, 0) is 12.6 Å². The first-order valence-corrected chi connectivity index (χ1v) is 12.0. The van der Waals surface area contributed by atoms with Crippen molar-refractivity contribution < 1.29 is 13.2 Å². The Labute approximate surface area is 212 Å². The van der Waals surface area contributed by atoms with Crippen molar-refractivity contribution in [3.05, 3.63) is 77.5 Å². The monoisotopic (exact) mass is 504 g/mol. The van der Waals surface area contributed by atoms with Crippen LogP contribution < -0.4 is 5.32 Å². The minimum atomic E-state index is -4.45. The van der Waals surface area contributed by atoms with Crippen molar-refractivity contribution in [2.45, 2.75) is 25.9 Å². The van der Waals surface area contributed by atoms with Gasteiger partial charge >= 0.3 is 6.18 Å². The molecule has 0 saturated carbocycles. The van der Waals surface area contributed by atoms with Crippen LogP contribution in [0.1, 0.15) is 23.2 Å². The highest BCUT2D eigenvalue weighted by molar-refractivity contribution is 6.02. The summed E-state index contributed by atoms with van der Waals surface area (Å²) in [6, 6.07) is 17.6. The lowest BCUT2D eigenvalue weighted by Crippen LogP contribution is -2.14. The minimum Gasteiger partial charge on any atom is -0.338 e. The average molecular weight is 505 g/mol. The van der Waals surface area contributed by atoms with Gasteiger partial charge in [-0.15, -0.1) is 10.2 Å². The van der Waals surface area contributed by atoms with E-state index in [-0.39, 0.29) is 0 Å². The molecular weight excluding hydrogens is 477 g/mol. The van der Waals surface area contributed by atoms with Crippen LogP contribution in [0.3, 0.4) is 0 Å². The number of halogens is 3. The molecule has 0 spiro atoms. The first kappa shape index (κ1) is 24.7. The second-order valence-corrected chi connectivity index (χ2v) is 9.47. The van der Waals surface area contributed by atoms with Crippen molar-refractivity contribution in [2.75, 3.05) is 26.0 Å². The summed E-state index contributed by atoms with van der Waals surface area (Å²) in [6.45, 7) is 2.76. The molecule has 6 nitrogen and oxygen atoms in total. The quantitative estimate of drug-likeness (QED) is 0.257. The Morgan fingerprint density at radius 1 is 0.919 bits per heavy atom. The summed E-state index contributed by atoms with van der Waals surface area (Å²) >= 11 is 0. The van der Waals surface area contributed by atoms with Crippen LogP contribution in [0.25, 0.3) is 32.9 Å². The summed E-state index contributed by atoms with van der Waals surface area (Å²) in [6.07, 6.45) is -3.16. The lowest BCUT2D eigenvalue weighted by atomic mass is 10.0. The van der Waals surface area contributed by atoms with E-state index in [1.54, 1.807) is 6.07 Å². The van der Waals surface area contributed by atoms with Gasteiger partial charge in [0.1, 0.15) is 5.69 Å². The zero-order chi connectivity index (χ0) is 26.2. The largest absolute Gasteiger partial charge is 0.416 e. The standard InChI is InChI=1S/C28H27F3N6/c1-17-22-11-10-19(15-25(22)34-33-17)26-23-8-4-5-9-24(23)27(36-35-26)32-21-14-18(7-6-12-37(2)3)13-20(16-21)28(29,30)31/h4-5,8-11,13-16H,6-7,12H2,1-3H3,(H,32,36)(H,33,34). The van der Waals surface area contributed by atoms with Gasteiger partial charge in [0, 0.05) is 33.1 Å². The average Bonchev–Trinajstić information content (AvgIpc) is 3.23. The molecule has 0 fully saturated rings. The number of fused-ring (bicyclic) bond motifs is 2. The molecule has 5 rings (SSSR count). The fraction of sp³-hybridized carbons (Fsp3) is 0.250. The Hall–Kier alpha value is -3.98. The summed E-state index contributed by atoms with van der Waals surface area (Å²) < 4.78 is 41.0. The third kappa shape index (κ3) is 5.27. The third-order valence-corrected chi connectivity index (χ3v) is 6.36. The number of alkyl halides is 3. The highest BCUT2D eigenvalue weighted by Crippen LogP contribution is 2.35. The molecule has 0 unspecified atom stereocenters. The number of nitrogens with zero attached hydrogens (tertiary/aromatic N) is 4. The van der Waals surface area contributed by atoms with Crippen LogP contribution in [0.2, 0.25) is 0 Å². The molecule has 190 valence electrons. The molecule has 9 heteroatoms. The zero-order valence-corrected chi connectivity index (χ0v) is 20.8. The van der Waals surface area contributed by atoms with Gasteiger partial charge in [-0.3, -0.25) is 5.10 Å². The van der Waals surface area contributed by atoms with Crippen molar-refractivity contribution in [1.29, 1.82) is 0 Å². The molecule has 0 aliphatic heterocycles. The van der Waals surface area contributed by atoms with E-state index in [1.165, 1.54) is 6.07 Å². The van der Waals surface area contributed by atoms with Crippen molar-refractivity contribution in [3.63, 3.8) is 0 Å². The summed E-state index contributed by atoms with van der Waals surface area (Å²) in [5.41, 5.74) is 3.61. The number of anilines is 2. The van der Waals surface area contributed by atoms with E-state index in [2.05, 4.69) is 25.7 Å². The van der Waals surface area contributed by atoms with E-state index < -0.39 is 11.7 Å². The molecule has 0 atom stereocenters. The molecule has 5 aromatic rings. The maximum Gasteiger partial charge on any atom is 0.416 e. The maximum absolute atomic E-state index is 13.7. The Kier molecular flexibility index (Phi) is 6.55. The van der Waals surface area contributed by atoms with Gasteiger partial charge in [-0.1, -0.05) is 36.4 Å². The molecule has 0 bridgehead atoms. The highest BCUT2D eigenvalue weighted by atomic mass is 19.4.